The van der Waals surface area contributed by atoms with Gasteiger partial charge in [0.2, 0.25) is 0 Å². The summed E-state index contributed by atoms with van der Waals surface area (Å²) < 4.78 is 5.85. The molecule has 0 aliphatic carbocycles. The molecule has 0 radical (unpaired) electrons. The number of piperidine rings is 1. The molecule has 4 heteroatoms. The van der Waals surface area contributed by atoms with E-state index < -0.39 is 0 Å². The van der Waals surface area contributed by atoms with Crippen LogP contribution in [0.3, 0.4) is 0 Å². The summed E-state index contributed by atoms with van der Waals surface area (Å²) >= 11 is 0. The van der Waals surface area contributed by atoms with E-state index in [1.807, 2.05) is 24.4 Å². The SMILES string of the molecule is O[C@H]1CCN(Cc2ccccn2)C[C@@]12CCCO2. The Kier molecular flexibility index (Phi) is 3.33. The summed E-state index contributed by atoms with van der Waals surface area (Å²) in [6, 6.07) is 6.00. The number of hydrogen-bond donors (Lipinski definition) is 1. The van der Waals surface area contributed by atoms with Crippen molar-refractivity contribution in [1.82, 2.24) is 9.88 Å². The van der Waals surface area contributed by atoms with Crippen LogP contribution in [0.5, 0.6) is 0 Å². The minimum Gasteiger partial charge on any atom is -0.390 e. The van der Waals surface area contributed by atoms with Crippen molar-refractivity contribution in [2.24, 2.45) is 0 Å². The molecule has 2 atom stereocenters. The van der Waals surface area contributed by atoms with Crippen LogP contribution in [-0.4, -0.2) is 46.4 Å². The normalized spacial score (nSPS) is 33.1. The van der Waals surface area contributed by atoms with Gasteiger partial charge < -0.3 is 9.84 Å². The van der Waals surface area contributed by atoms with Gasteiger partial charge in [0.1, 0.15) is 5.60 Å². The van der Waals surface area contributed by atoms with Crippen LogP contribution in [0, 0.1) is 0 Å². The summed E-state index contributed by atoms with van der Waals surface area (Å²) in [4.78, 5) is 6.71. The minimum atomic E-state index is -0.312. The number of likely N-dealkylation sites (tertiary alicyclic amines) is 1. The van der Waals surface area contributed by atoms with Crippen LogP contribution in [0.4, 0.5) is 0 Å². The van der Waals surface area contributed by atoms with Gasteiger partial charge in [-0.05, 0) is 31.4 Å². The molecule has 0 amide bonds. The molecule has 3 rings (SSSR count). The van der Waals surface area contributed by atoms with E-state index >= 15 is 0 Å². The van der Waals surface area contributed by atoms with Crippen LogP contribution in [0.2, 0.25) is 0 Å². The quantitative estimate of drug-likeness (QED) is 0.854. The van der Waals surface area contributed by atoms with Crippen molar-refractivity contribution < 1.29 is 9.84 Å². The molecule has 1 aromatic rings. The van der Waals surface area contributed by atoms with Crippen LogP contribution in [-0.2, 0) is 11.3 Å². The summed E-state index contributed by atoms with van der Waals surface area (Å²) in [5, 5.41) is 10.2. The molecule has 98 valence electrons. The number of nitrogens with zero attached hydrogens (tertiary/aromatic N) is 2. The zero-order valence-electron chi connectivity index (χ0n) is 10.6. The van der Waals surface area contributed by atoms with Crippen molar-refractivity contribution in [2.45, 2.75) is 37.5 Å². The highest BCUT2D eigenvalue weighted by atomic mass is 16.5. The Balaban J connectivity index is 1.68. The number of rotatable bonds is 2. The zero-order chi connectivity index (χ0) is 12.4. The Bertz CT molecular complexity index is 390. The Morgan fingerprint density at radius 1 is 1.50 bits per heavy atom. The number of hydrogen-bond acceptors (Lipinski definition) is 4. The lowest BCUT2D eigenvalue weighted by Gasteiger charge is -2.43. The van der Waals surface area contributed by atoms with E-state index in [-0.39, 0.29) is 11.7 Å². The van der Waals surface area contributed by atoms with Gasteiger partial charge in [0.05, 0.1) is 11.8 Å². The molecule has 18 heavy (non-hydrogen) atoms. The second kappa shape index (κ2) is 4.96. The lowest BCUT2D eigenvalue weighted by atomic mass is 9.87. The molecule has 0 unspecified atom stereocenters. The largest absolute Gasteiger partial charge is 0.390 e. The Morgan fingerprint density at radius 2 is 2.44 bits per heavy atom. The van der Waals surface area contributed by atoms with E-state index in [4.69, 9.17) is 4.74 Å². The topological polar surface area (TPSA) is 45.6 Å². The van der Waals surface area contributed by atoms with Gasteiger partial charge in [-0.25, -0.2) is 0 Å². The lowest BCUT2D eigenvalue weighted by molar-refractivity contribution is -0.132. The third kappa shape index (κ3) is 2.28. The highest BCUT2D eigenvalue weighted by Crippen LogP contribution is 2.35. The summed E-state index contributed by atoms with van der Waals surface area (Å²) in [6.45, 7) is 3.38. The number of ether oxygens (including phenoxy) is 1. The third-order valence-corrected chi connectivity index (χ3v) is 4.06. The molecule has 1 aromatic heterocycles. The van der Waals surface area contributed by atoms with E-state index in [1.165, 1.54) is 0 Å². The van der Waals surface area contributed by atoms with Crippen LogP contribution in [0.25, 0.3) is 0 Å². The molecule has 2 aliphatic rings. The van der Waals surface area contributed by atoms with Gasteiger partial charge in [-0.15, -0.1) is 0 Å². The average molecular weight is 248 g/mol. The number of aliphatic hydroxyl groups is 1. The molecule has 0 saturated carbocycles. The van der Waals surface area contributed by atoms with Gasteiger partial charge in [-0.3, -0.25) is 9.88 Å². The molecule has 0 aromatic carbocycles. The Labute approximate surface area is 108 Å². The maximum Gasteiger partial charge on any atom is 0.107 e. The van der Waals surface area contributed by atoms with Crippen molar-refractivity contribution in [2.75, 3.05) is 19.7 Å². The summed E-state index contributed by atoms with van der Waals surface area (Å²) in [6.07, 6.45) is 4.37. The van der Waals surface area contributed by atoms with Crippen molar-refractivity contribution in [3.63, 3.8) is 0 Å². The standard InChI is InChI=1S/C14H20N2O2/c17-13-5-8-16(10-12-4-1-2-7-15-12)11-14(13)6-3-9-18-14/h1-2,4,7,13,17H,3,5-6,8-11H2/t13-,14-/m0/s1. The van der Waals surface area contributed by atoms with Crippen molar-refractivity contribution >= 4 is 0 Å². The van der Waals surface area contributed by atoms with Crippen molar-refractivity contribution in [1.29, 1.82) is 0 Å². The fourth-order valence-electron chi connectivity index (χ4n) is 3.09. The second-order valence-corrected chi connectivity index (χ2v) is 5.35. The Morgan fingerprint density at radius 3 is 3.17 bits per heavy atom. The second-order valence-electron chi connectivity index (χ2n) is 5.35. The minimum absolute atomic E-state index is 0.306. The zero-order valence-corrected chi connectivity index (χ0v) is 10.6. The maximum absolute atomic E-state index is 10.2. The fraction of sp³-hybridized carbons (Fsp3) is 0.643. The van der Waals surface area contributed by atoms with Gasteiger partial charge in [-0.2, -0.15) is 0 Å². The van der Waals surface area contributed by atoms with Crippen LogP contribution >= 0.6 is 0 Å². The summed E-state index contributed by atoms with van der Waals surface area (Å²) in [7, 11) is 0. The van der Waals surface area contributed by atoms with E-state index in [9.17, 15) is 5.11 Å². The molecule has 2 saturated heterocycles. The highest BCUT2D eigenvalue weighted by Gasteiger charge is 2.45. The monoisotopic (exact) mass is 248 g/mol. The van der Waals surface area contributed by atoms with Crippen molar-refractivity contribution in [3.05, 3.63) is 30.1 Å². The van der Waals surface area contributed by atoms with Crippen LogP contribution in [0.1, 0.15) is 25.0 Å². The molecule has 4 nitrogen and oxygen atoms in total. The molecule has 3 heterocycles. The number of pyridine rings is 1. The molecular formula is C14H20N2O2. The van der Waals surface area contributed by atoms with Crippen LogP contribution in [0.15, 0.2) is 24.4 Å². The van der Waals surface area contributed by atoms with Gasteiger partial charge in [0, 0.05) is 32.4 Å². The van der Waals surface area contributed by atoms with Crippen LogP contribution < -0.4 is 0 Å². The van der Waals surface area contributed by atoms with E-state index in [2.05, 4.69) is 9.88 Å². The van der Waals surface area contributed by atoms with E-state index in [1.54, 1.807) is 0 Å². The number of aromatic nitrogens is 1. The molecule has 2 aliphatic heterocycles. The fourth-order valence-corrected chi connectivity index (χ4v) is 3.09. The smallest absolute Gasteiger partial charge is 0.107 e. The van der Waals surface area contributed by atoms with E-state index in [0.717, 1.165) is 51.2 Å². The first-order valence-electron chi connectivity index (χ1n) is 6.73. The summed E-state index contributed by atoms with van der Waals surface area (Å²) in [5.41, 5.74) is 0.773. The first kappa shape index (κ1) is 12.1. The van der Waals surface area contributed by atoms with Crippen molar-refractivity contribution in [3.8, 4) is 0 Å². The number of aliphatic hydroxyl groups excluding tert-OH is 1. The molecular weight excluding hydrogens is 228 g/mol. The molecule has 1 spiro atoms. The predicted molar refractivity (Wildman–Crippen MR) is 68.1 cm³/mol. The third-order valence-electron chi connectivity index (χ3n) is 4.06. The van der Waals surface area contributed by atoms with Gasteiger partial charge in [-0.1, -0.05) is 6.07 Å². The first-order chi connectivity index (χ1) is 8.78. The maximum atomic E-state index is 10.2. The van der Waals surface area contributed by atoms with E-state index in [0.29, 0.717) is 0 Å². The lowest BCUT2D eigenvalue weighted by Crippen LogP contribution is -2.56. The molecule has 0 bridgehead atoms. The molecule has 1 N–H and O–H groups in total. The highest BCUT2D eigenvalue weighted by molar-refractivity contribution is 5.05. The average Bonchev–Trinajstić information content (AvgIpc) is 2.85. The van der Waals surface area contributed by atoms with Gasteiger partial charge in [0.15, 0.2) is 0 Å². The first-order valence-corrected chi connectivity index (χ1v) is 6.73. The summed E-state index contributed by atoms with van der Waals surface area (Å²) in [5.74, 6) is 0. The van der Waals surface area contributed by atoms with Gasteiger partial charge in [0.25, 0.3) is 0 Å². The van der Waals surface area contributed by atoms with Gasteiger partial charge >= 0.3 is 0 Å². The molecule has 2 fully saturated rings. The Hall–Kier alpha value is -0.970. The predicted octanol–water partition coefficient (Wildman–Crippen LogP) is 1.20.